The Bertz CT molecular complexity index is 1110. The predicted molar refractivity (Wildman–Crippen MR) is 121 cm³/mol. The third-order valence-corrected chi connectivity index (χ3v) is 6.01. The van der Waals surface area contributed by atoms with E-state index < -0.39 is 22.2 Å². The minimum Gasteiger partial charge on any atom is -0.442 e. The molecule has 1 unspecified atom stereocenters. The van der Waals surface area contributed by atoms with Gasteiger partial charge in [0.15, 0.2) is 0 Å². The van der Waals surface area contributed by atoms with E-state index in [-0.39, 0.29) is 24.8 Å². The fourth-order valence-corrected chi connectivity index (χ4v) is 4.45. The molecule has 1 fully saturated rings. The standard InChI is InChI=1S/C19H21ClN4O5S2/c1-23(2)17(22-31(3,27)28)12-4-6-13(7-5-12)24-11-14(29-19(24)26)10-21-18(25)15-8-9-16(20)30-15/h4-9,14H,10-11H2,1-3H3,(H,21,25). The van der Waals surface area contributed by atoms with E-state index in [4.69, 9.17) is 16.3 Å². The molecule has 0 spiro atoms. The lowest BCUT2D eigenvalue weighted by Crippen LogP contribution is -2.34. The van der Waals surface area contributed by atoms with Gasteiger partial charge in [0.25, 0.3) is 15.9 Å². The molecule has 2 heterocycles. The van der Waals surface area contributed by atoms with Crippen LogP contribution in [0.3, 0.4) is 0 Å². The van der Waals surface area contributed by atoms with Crippen LogP contribution in [0.1, 0.15) is 15.2 Å². The van der Waals surface area contributed by atoms with Crippen LogP contribution in [0, 0.1) is 0 Å². The monoisotopic (exact) mass is 484 g/mol. The smallest absolute Gasteiger partial charge is 0.414 e. The zero-order valence-electron chi connectivity index (χ0n) is 17.0. The topological polar surface area (TPSA) is 108 Å². The van der Waals surface area contributed by atoms with Gasteiger partial charge in [0.2, 0.25) is 0 Å². The molecule has 0 saturated carbocycles. The summed E-state index contributed by atoms with van der Waals surface area (Å²) in [6, 6.07) is 10.0. The Labute approximate surface area is 189 Å². The number of hydrogen-bond donors (Lipinski definition) is 1. The van der Waals surface area contributed by atoms with Gasteiger partial charge < -0.3 is 15.0 Å². The third kappa shape index (κ3) is 5.96. The van der Waals surface area contributed by atoms with Crippen molar-refractivity contribution in [2.24, 2.45) is 4.40 Å². The number of carbonyl (C=O) groups excluding carboxylic acids is 2. The number of amidine groups is 1. The van der Waals surface area contributed by atoms with Crippen molar-refractivity contribution < 1.29 is 22.7 Å². The molecule has 1 aromatic carbocycles. The lowest BCUT2D eigenvalue weighted by Gasteiger charge is -2.17. The molecule has 0 aliphatic carbocycles. The highest BCUT2D eigenvalue weighted by Gasteiger charge is 2.32. The Morgan fingerprint density at radius 1 is 1.29 bits per heavy atom. The second-order valence-electron chi connectivity index (χ2n) is 7.02. The number of hydrogen-bond acceptors (Lipinski definition) is 6. The Hall–Kier alpha value is -2.63. The zero-order valence-corrected chi connectivity index (χ0v) is 19.4. The van der Waals surface area contributed by atoms with E-state index in [9.17, 15) is 18.0 Å². The number of halogens is 1. The lowest BCUT2D eigenvalue weighted by molar-refractivity contribution is 0.0920. The molecule has 1 N–H and O–H groups in total. The molecule has 12 heteroatoms. The fraction of sp³-hybridized carbons (Fsp3) is 0.316. The number of nitrogens with zero attached hydrogens (tertiary/aromatic N) is 3. The van der Waals surface area contributed by atoms with Crippen LogP contribution >= 0.6 is 22.9 Å². The molecule has 1 aliphatic heterocycles. The van der Waals surface area contributed by atoms with E-state index in [1.807, 2.05) is 0 Å². The normalized spacial score (nSPS) is 16.9. The van der Waals surface area contributed by atoms with E-state index in [1.165, 1.54) is 16.2 Å². The summed E-state index contributed by atoms with van der Waals surface area (Å²) in [5.74, 6) is 0.00412. The van der Waals surface area contributed by atoms with Gasteiger partial charge in [-0.25, -0.2) is 13.2 Å². The third-order valence-electron chi connectivity index (χ3n) is 4.27. The summed E-state index contributed by atoms with van der Waals surface area (Å²) in [6.45, 7) is 0.433. The van der Waals surface area contributed by atoms with Crippen LogP contribution in [0.4, 0.5) is 10.5 Å². The molecule has 1 aromatic heterocycles. The van der Waals surface area contributed by atoms with E-state index in [0.29, 0.717) is 20.5 Å². The van der Waals surface area contributed by atoms with Gasteiger partial charge in [0.1, 0.15) is 11.9 Å². The zero-order chi connectivity index (χ0) is 22.8. The van der Waals surface area contributed by atoms with Crippen LogP contribution in [-0.4, -0.2) is 70.7 Å². The van der Waals surface area contributed by atoms with Crippen molar-refractivity contribution in [1.29, 1.82) is 0 Å². The van der Waals surface area contributed by atoms with Gasteiger partial charge >= 0.3 is 6.09 Å². The lowest BCUT2D eigenvalue weighted by atomic mass is 10.1. The van der Waals surface area contributed by atoms with E-state index in [1.54, 1.807) is 55.4 Å². The number of amides is 2. The van der Waals surface area contributed by atoms with Gasteiger partial charge in [-0.2, -0.15) is 0 Å². The summed E-state index contributed by atoms with van der Waals surface area (Å²) in [7, 11) is -0.183. The summed E-state index contributed by atoms with van der Waals surface area (Å²) in [4.78, 5) is 27.9. The van der Waals surface area contributed by atoms with Gasteiger partial charge in [-0.3, -0.25) is 9.69 Å². The molecule has 1 saturated heterocycles. The van der Waals surface area contributed by atoms with Crippen LogP contribution in [0.5, 0.6) is 0 Å². The first-order valence-electron chi connectivity index (χ1n) is 9.13. The molecule has 9 nitrogen and oxygen atoms in total. The molecule has 0 bridgehead atoms. The number of anilines is 1. The summed E-state index contributed by atoms with van der Waals surface area (Å²) in [6.07, 6.45) is -0.00337. The maximum absolute atomic E-state index is 12.3. The SMILES string of the molecule is CN(C)C(=NS(C)(=O)=O)c1ccc(N2CC(CNC(=O)c3ccc(Cl)s3)OC2=O)cc1. The van der Waals surface area contributed by atoms with Crippen LogP contribution in [0.2, 0.25) is 4.34 Å². The summed E-state index contributed by atoms with van der Waals surface area (Å²) in [5.41, 5.74) is 1.18. The Morgan fingerprint density at radius 2 is 1.97 bits per heavy atom. The van der Waals surface area contributed by atoms with Crippen LogP contribution in [0.15, 0.2) is 40.8 Å². The van der Waals surface area contributed by atoms with Crippen LogP contribution < -0.4 is 10.2 Å². The minimum absolute atomic E-state index is 0.167. The van der Waals surface area contributed by atoms with Crippen molar-refractivity contribution in [3.8, 4) is 0 Å². The van der Waals surface area contributed by atoms with Gasteiger partial charge in [-0.15, -0.1) is 15.7 Å². The number of sulfonamides is 1. The number of cyclic esters (lactones) is 1. The summed E-state index contributed by atoms with van der Waals surface area (Å²) in [5, 5.41) is 2.74. The fourth-order valence-electron chi connectivity index (χ4n) is 2.91. The molecule has 1 atom stereocenters. The van der Waals surface area contributed by atoms with Gasteiger partial charge in [-0.1, -0.05) is 11.6 Å². The molecular weight excluding hydrogens is 464 g/mol. The van der Waals surface area contributed by atoms with Crippen LogP contribution in [0.25, 0.3) is 0 Å². The molecule has 2 aromatic rings. The molecule has 0 radical (unpaired) electrons. The number of carbonyl (C=O) groups is 2. The predicted octanol–water partition coefficient (Wildman–Crippen LogP) is 2.42. The highest BCUT2D eigenvalue weighted by atomic mass is 35.5. The first kappa shape index (κ1) is 23.0. The highest BCUT2D eigenvalue weighted by molar-refractivity contribution is 7.89. The average molecular weight is 485 g/mol. The quantitative estimate of drug-likeness (QED) is 0.498. The van der Waals surface area contributed by atoms with Crippen molar-refractivity contribution in [3.63, 3.8) is 0 Å². The summed E-state index contributed by atoms with van der Waals surface area (Å²) >= 11 is 7.01. The average Bonchev–Trinajstić information content (AvgIpc) is 3.29. The second kappa shape index (κ2) is 9.25. The van der Waals surface area contributed by atoms with Gasteiger partial charge in [0.05, 0.1) is 28.6 Å². The Balaban J connectivity index is 1.66. The molecule has 3 rings (SSSR count). The molecule has 31 heavy (non-hydrogen) atoms. The van der Waals surface area contributed by atoms with Crippen molar-refractivity contribution in [2.45, 2.75) is 6.10 Å². The second-order valence-corrected chi connectivity index (χ2v) is 10.4. The van der Waals surface area contributed by atoms with Crippen molar-refractivity contribution in [1.82, 2.24) is 10.2 Å². The molecule has 2 amide bonds. The maximum atomic E-state index is 12.3. The molecular formula is C19H21ClN4O5S2. The van der Waals surface area contributed by atoms with Crippen molar-refractivity contribution in [2.75, 3.05) is 38.3 Å². The van der Waals surface area contributed by atoms with Gasteiger partial charge in [-0.05, 0) is 36.4 Å². The van der Waals surface area contributed by atoms with Crippen molar-refractivity contribution >= 4 is 56.5 Å². The van der Waals surface area contributed by atoms with E-state index in [2.05, 4.69) is 9.71 Å². The van der Waals surface area contributed by atoms with E-state index in [0.717, 1.165) is 6.26 Å². The maximum Gasteiger partial charge on any atom is 0.414 e. The van der Waals surface area contributed by atoms with Gasteiger partial charge in [0, 0.05) is 25.3 Å². The van der Waals surface area contributed by atoms with Crippen LogP contribution in [-0.2, 0) is 14.8 Å². The molecule has 166 valence electrons. The highest BCUT2D eigenvalue weighted by Crippen LogP contribution is 2.23. The Kier molecular flexibility index (Phi) is 6.87. The number of rotatable bonds is 6. The summed E-state index contributed by atoms with van der Waals surface area (Å²) < 4.78 is 32.7. The first-order valence-corrected chi connectivity index (χ1v) is 12.2. The number of thiophene rings is 1. The van der Waals surface area contributed by atoms with E-state index >= 15 is 0 Å². The minimum atomic E-state index is -3.57. The molecule has 1 aliphatic rings. The number of benzene rings is 1. The first-order chi connectivity index (χ1) is 14.5. The largest absolute Gasteiger partial charge is 0.442 e. The Morgan fingerprint density at radius 3 is 2.52 bits per heavy atom. The number of ether oxygens (including phenoxy) is 1. The number of nitrogens with one attached hydrogen (secondary N) is 1. The van der Waals surface area contributed by atoms with Crippen molar-refractivity contribution in [3.05, 3.63) is 51.2 Å².